The highest BCUT2D eigenvalue weighted by molar-refractivity contribution is 7.92. The summed E-state index contributed by atoms with van der Waals surface area (Å²) in [5.74, 6) is -1.58. The zero-order chi connectivity index (χ0) is 26.5. The number of sulfonamides is 1. The van der Waals surface area contributed by atoms with Crippen molar-refractivity contribution in [2.75, 3.05) is 17.1 Å². The first-order valence-corrected chi connectivity index (χ1v) is 14.3. The van der Waals surface area contributed by atoms with Gasteiger partial charge in [-0.15, -0.1) is 0 Å². The Balaban J connectivity index is 1.90. The van der Waals surface area contributed by atoms with Crippen LogP contribution >= 0.6 is 23.2 Å². The molecular weight excluding hydrogens is 528 g/mol. The predicted octanol–water partition coefficient (Wildman–Crippen LogP) is 4.76. The topological polar surface area (TPSA) is 86.8 Å². The summed E-state index contributed by atoms with van der Waals surface area (Å²) in [5, 5.41) is 3.38. The molecule has 1 fully saturated rings. The maximum atomic E-state index is 14.5. The second-order valence-electron chi connectivity index (χ2n) is 9.03. The third-order valence-electron chi connectivity index (χ3n) is 6.23. The number of nitrogens with zero attached hydrogens (tertiary/aromatic N) is 2. The van der Waals surface area contributed by atoms with Gasteiger partial charge in [0.25, 0.3) is 0 Å². The molecule has 1 N–H and O–H groups in total. The molecule has 0 aromatic heterocycles. The third kappa shape index (κ3) is 7.57. The highest BCUT2D eigenvalue weighted by Gasteiger charge is 2.31. The van der Waals surface area contributed by atoms with Crippen LogP contribution in [0.2, 0.25) is 10.0 Å². The molecule has 2 aromatic rings. The van der Waals surface area contributed by atoms with Crippen LogP contribution in [0.4, 0.5) is 10.1 Å². The van der Waals surface area contributed by atoms with Gasteiger partial charge in [0.1, 0.15) is 18.4 Å². The summed E-state index contributed by atoms with van der Waals surface area (Å²) in [5.41, 5.74) is 0.313. The molecule has 0 bridgehead atoms. The number of carbonyl (C=O) groups excluding carboxylic acids is 2. The van der Waals surface area contributed by atoms with E-state index in [4.69, 9.17) is 23.2 Å². The van der Waals surface area contributed by atoms with Crippen molar-refractivity contribution in [1.82, 2.24) is 10.2 Å². The second-order valence-corrected chi connectivity index (χ2v) is 11.8. The number of rotatable bonds is 9. The monoisotopic (exact) mass is 557 g/mol. The number of amides is 2. The minimum atomic E-state index is -3.94. The number of anilines is 1. The van der Waals surface area contributed by atoms with Crippen LogP contribution in [0.15, 0.2) is 42.5 Å². The first-order valence-electron chi connectivity index (χ1n) is 11.7. The molecule has 0 spiro atoms. The van der Waals surface area contributed by atoms with Crippen molar-refractivity contribution in [3.63, 3.8) is 0 Å². The minimum absolute atomic E-state index is 0.0141. The fourth-order valence-electron chi connectivity index (χ4n) is 4.26. The van der Waals surface area contributed by atoms with E-state index in [-0.39, 0.29) is 39.8 Å². The summed E-state index contributed by atoms with van der Waals surface area (Å²) < 4.78 is 40.6. The Bertz CT molecular complexity index is 1190. The zero-order valence-electron chi connectivity index (χ0n) is 20.2. The van der Waals surface area contributed by atoms with Gasteiger partial charge in [-0.3, -0.25) is 13.9 Å². The Morgan fingerprint density at radius 3 is 2.28 bits per heavy atom. The van der Waals surface area contributed by atoms with E-state index in [1.165, 1.54) is 41.3 Å². The quantitative estimate of drug-likeness (QED) is 0.481. The molecular formula is C25H30Cl2FN3O4S. The number of nitrogens with one attached hydrogen (secondary N) is 1. The van der Waals surface area contributed by atoms with Gasteiger partial charge in [0.2, 0.25) is 21.8 Å². The summed E-state index contributed by atoms with van der Waals surface area (Å²) >= 11 is 12.1. The molecule has 0 radical (unpaired) electrons. The van der Waals surface area contributed by atoms with Crippen LogP contribution in [0.3, 0.4) is 0 Å². The number of hydrogen-bond acceptors (Lipinski definition) is 4. The van der Waals surface area contributed by atoms with Crippen molar-refractivity contribution in [1.29, 1.82) is 0 Å². The predicted molar refractivity (Wildman–Crippen MR) is 140 cm³/mol. The summed E-state index contributed by atoms with van der Waals surface area (Å²) in [7, 11) is -3.94. The van der Waals surface area contributed by atoms with Crippen LogP contribution in [0.1, 0.15) is 44.6 Å². The molecule has 196 valence electrons. The van der Waals surface area contributed by atoms with Gasteiger partial charge >= 0.3 is 0 Å². The molecule has 7 nitrogen and oxygen atoms in total. The Kier molecular flexibility index (Phi) is 9.60. The first kappa shape index (κ1) is 28.2. The highest BCUT2D eigenvalue weighted by Crippen LogP contribution is 2.27. The van der Waals surface area contributed by atoms with Gasteiger partial charge < -0.3 is 10.2 Å². The highest BCUT2D eigenvalue weighted by atomic mass is 35.5. The summed E-state index contributed by atoms with van der Waals surface area (Å²) in [6, 6.07) is 9.18. The van der Waals surface area contributed by atoms with Gasteiger partial charge in [-0.2, -0.15) is 0 Å². The Hall–Kier alpha value is -2.36. The van der Waals surface area contributed by atoms with Crippen LogP contribution in [0.25, 0.3) is 0 Å². The number of hydrogen-bond donors (Lipinski definition) is 1. The lowest BCUT2D eigenvalue weighted by atomic mass is 9.95. The normalized spacial score (nSPS) is 15.2. The van der Waals surface area contributed by atoms with Crippen molar-refractivity contribution < 1.29 is 22.4 Å². The summed E-state index contributed by atoms with van der Waals surface area (Å²) in [4.78, 5) is 27.9. The third-order valence-corrected chi connectivity index (χ3v) is 7.81. The molecule has 2 aromatic carbocycles. The second kappa shape index (κ2) is 12.3. The Morgan fingerprint density at radius 1 is 1.08 bits per heavy atom. The maximum Gasteiger partial charge on any atom is 0.244 e. The maximum absolute atomic E-state index is 14.5. The summed E-state index contributed by atoms with van der Waals surface area (Å²) in [6.07, 6.45) is 5.82. The van der Waals surface area contributed by atoms with Crippen LogP contribution in [0, 0.1) is 5.82 Å². The van der Waals surface area contributed by atoms with Gasteiger partial charge in [0.15, 0.2) is 0 Å². The van der Waals surface area contributed by atoms with Crippen LogP contribution in [0.5, 0.6) is 0 Å². The lowest BCUT2D eigenvalue weighted by Crippen LogP contribution is -2.53. The van der Waals surface area contributed by atoms with Crippen molar-refractivity contribution in [2.45, 2.75) is 57.7 Å². The lowest BCUT2D eigenvalue weighted by molar-refractivity contribution is -0.139. The van der Waals surface area contributed by atoms with E-state index in [0.29, 0.717) is 0 Å². The van der Waals surface area contributed by atoms with Crippen molar-refractivity contribution in [2.24, 2.45) is 0 Å². The van der Waals surface area contributed by atoms with E-state index in [1.807, 2.05) is 0 Å². The minimum Gasteiger partial charge on any atom is -0.352 e. The largest absolute Gasteiger partial charge is 0.352 e. The molecule has 2 amide bonds. The van der Waals surface area contributed by atoms with Crippen LogP contribution < -0.4 is 9.62 Å². The van der Waals surface area contributed by atoms with E-state index >= 15 is 0 Å². The fraction of sp³-hybridized carbons (Fsp3) is 0.440. The standard InChI is InChI=1S/C25H30Cl2FN3O4S/c1-17(25(33)29-21-9-4-3-5-10-21)30(15-18-8-6-7-11-23(18)28)24(32)16-31(36(2,34)35)22-13-19(26)12-20(27)14-22/h6-8,11-14,17,21H,3-5,9-10,15-16H2,1-2H3,(H,29,33). The van der Waals surface area contributed by atoms with Crippen molar-refractivity contribution in [3.05, 3.63) is 63.9 Å². The molecule has 1 aliphatic rings. The molecule has 0 heterocycles. The van der Waals surface area contributed by atoms with Gasteiger partial charge in [0, 0.05) is 28.2 Å². The molecule has 36 heavy (non-hydrogen) atoms. The van der Waals surface area contributed by atoms with Gasteiger partial charge in [-0.05, 0) is 44.0 Å². The van der Waals surface area contributed by atoms with E-state index in [9.17, 15) is 22.4 Å². The Labute approximate surface area is 221 Å². The Morgan fingerprint density at radius 2 is 1.69 bits per heavy atom. The molecule has 11 heteroatoms. The average Bonchev–Trinajstić information content (AvgIpc) is 2.80. The van der Waals surface area contributed by atoms with Gasteiger partial charge in [0.05, 0.1) is 11.9 Å². The molecule has 1 saturated carbocycles. The molecule has 1 atom stereocenters. The number of carbonyl (C=O) groups is 2. The number of benzene rings is 2. The van der Waals surface area contributed by atoms with E-state index < -0.39 is 34.3 Å². The first-order chi connectivity index (χ1) is 17.0. The fourth-order valence-corrected chi connectivity index (χ4v) is 5.61. The zero-order valence-corrected chi connectivity index (χ0v) is 22.5. The van der Waals surface area contributed by atoms with Gasteiger partial charge in [-0.1, -0.05) is 60.7 Å². The smallest absolute Gasteiger partial charge is 0.244 e. The van der Waals surface area contributed by atoms with E-state index in [2.05, 4.69) is 5.32 Å². The lowest BCUT2D eigenvalue weighted by Gasteiger charge is -2.33. The molecule has 1 unspecified atom stereocenters. The van der Waals surface area contributed by atoms with Crippen molar-refractivity contribution in [3.8, 4) is 0 Å². The van der Waals surface area contributed by atoms with Crippen molar-refractivity contribution >= 4 is 50.7 Å². The van der Waals surface area contributed by atoms with Crippen LogP contribution in [-0.4, -0.2) is 50.0 Å². The van der Waals surface area contributed by atoms with Crippen LogP contribution in [-0.2, 0) is 26.2 Å². The number of halogens is 3. The molecule has 0 saturated heterocycles. The SMILES string of the molecule is CC(C(=O)NC1CCCCC1)N(Cc1ccccc1F)C(=O)CN(c1cc(Cl)cc(Cl)c1)S(C)(=O)=O. The molecule has 0 aliphatic heterocycles. The van der Waals surface area contributed by atoms with Gasteiger partial charge in [-0.25, -0.2) is 12.8 Å². The average molecular weight is 559 g/mol. The molecule has 3 rings (SSSR count). The molecule has 1 aliphatic carbocycles. The van der Waals surface area contributed by atoms with E-state index in [1.54, 1.807) is 13.0 Å². The van der Waals surface area contributed by atoms with E-state index in [0.717, 1.165) is 42.7 Å². The summed E-state index contributed by atoms with van der Waals surface area (Å²) in [6.45, 7) is 0.724.